The van der Waals surface area contributed by atoms with Crippen molar-refractivity contribution in [1.29, 1.82) is 0 Å². The van der Waals surface area contributed by atoms with Gasteiger partial charge in [0.2, 0.25) is 0 Å². The molecular weight excluding hydrogens is 306 g/mol. The molecule has 3 heteroatoms. The van der Waals surface area contributed by atoms with E-state index in [2.05, 4.69) is 77.1 Å². The van der Waals surface area contributed by atoms with Crippen molar-refractivity contribution in [3.63, 3.8) is 0 Å². The second-order valence-corrected chi connectivity index (χ2v) is 6.11. The van der Waals surface area contributed by atoms with Gasteiger partial charge in [0.25, 0.3) is 0 Å². The van der Waals surface area contributed by atoms with E-state index in [9.17, 15) is 0 Å². The number of benzene rings is 2. The van der Waals surface area contributed by atoms with E-state index in [1.54, 1.807) is 0 Å². The van der Waals surface area contributed by atoms with E-state index in [1.807, 2.05) is 24.4 Å². The molecule has 25 heavy (non-hydrogen) atoms. The molecule has 1 heterocycles. The summed E-state index contributed by atoms with van der Waals surface area (Å²) in [5, 5.41) is 7.03. The van der Waals surface area contributed by atoms with Crippen molar-refractivity contribution in [1.82, 2.24) is 10.3 Å². The summed E-state index contributed by atoms with van der Waals surface area (Å²) in [7, 11) is 0. The van der Waals surface area contributed by atoms with Gasteiger partial charge in [0.1, 0.15) is 0 Å². The normalized spacial score (nSPS) is 11.9. The van der Waals surface area contributed by atoms with Crippen LogP contribution in [0, 0.1) is 0 Å². The van der Waals surface area contributed by atoms with E-state index in [-0.39, 0.29) is 6.04 Å². The zero-order valence-electron chi connectivity index (χ0n) is 14.7. The third-order valence-electron chi connectivity index (χ3n) is 4.33. The Labute approximate surface area is 150 Å². The van der Waals surface area contributed by atoms with E-state index in [0.29, 0.717) is 6.67 Å². The zero-order chi connectivity index (χ0) is 17.3. The standard InChI is InChI=1S/C22H25N3/c1-2-18-11-13-20(14-12-18)24-17-25-22(21-10-6-7-15-23-21)16-19-8-4-3-5-9-19/h3-15,22,24-25H,2,16-17H2,1H3. The third-order valence-corrected chi connectivity index (χ3v) is 4.33. The summed E-state index contributed by atoms with van der Waals surface area (Å²) in [6, 6.07) is 25.4. The molecule has 0 aliphatic rings. The van der Waals surface area contributed by atoms with Gasteiger partial charge in [-0.2, -0.15) is 0 Å². The molecule has 1 unspecified atom stereocenters. The Kier molecular flexibility index (Phi) is 6.18. The molecule has 2 aromatic carbocycles. The Bertz CT molecular complexity index is 739. The first-order valence-electron chi connectivity index (χ1n) is 8.86. The van der Waals surface area contributed by atoms with Crippen molar-refractivity contribution in [2.75, 3.05) is 12.0 Å². The van der Waals surface area contributed by atoms with Crippen LogP contribution in [0.2, 0.25) is 0 Å². The molecule has 1 aromatic heterocycles. The lowest BCUT2D eigenvalue weighted by molar-refractivity contribution is 0.540. The van der Waals surface area contributed by atoms with Gasteiger partial charge in [0, 0.05) is 11.9 Å². The fourth-order valence-electron chi connectivity index (χ4n) is 2.85. The minimum absolute atomic E-state index is 0.172. The Morgan fingerprint density at radius 3 is 2.28 bits per heavy atom. The molecule has 1 atom stereocenters. The molecule has 0 saturated heterocycles. The molecule has 0 saturated carbocycles. The molecule has 0 bridgehead atoms. The first-order valence-corrected chi connectivity index (χ1v) is 8.86. The zero-order valence-corrected chi connectivity index (χ0v) is 14.7. The first kappa shape index (κ1) is 17.2. The highest BCUT2D eigenvalue weighted by molar-refractivity contribution is 5.44. The number of aromatic nitrogens is 1. The summed E-state index contributed by atoms with van der Waals surface area (Å²) in [6.07, 6.45) is 3.83. The number of rotatable bonds is 8. The second-order valence-electron chi connectivity index (χ2n) is 6.11. The number of pyridine rings is 1. The molecule has 128 valence electrons. The topological polar surface area (TPSA) is 37.0 Å². The molecule has 3 aromatic rings. The van der Waals surface area contributed by atoms with Gasteiger partial charge < -0.3 is 5.32 Å². The van der Waals surface area contributed by atoms with Crippen molar-refractivity contribution in [3.05, 3.63) is 95.8 Å². The maximum Gasteiger partial charge on any atom is 0.0658 e. The van der Waals surface area contributed by atoms with Crippen LogP contribution in [0.25, 0.3) is 0 Å². The van der Waals surface area contributed by atoms with E-state index in [4.69, 9.17) is 0 Å². The van der Waals surface area contributed by atoms with Gasteiger partial charge in [-0.3, -0.25) is 10.3 Å². The largest absolute Gasteiger partial charge is 0.372 e. The maximum absolute atomic E-state index is 4.53. The van der Waals surface area contributed by atoms with Crippen molar-refractivity contribution >= 4 is 5.69 Å². The smallest absolute Gasteiger partial charge is 0.0658 e. The van der Waals surface area contributed by atoms with Crippen LogP contribution in [0.4, 0.5) is 5.69 Å². The summed E-state index contributed by atoms with van der Waals surface area (Å²) in [5.74, 6) is 0. The Morgan fingerprint density at radius 1 is 0.840 bits per heavy atom. The highest BCUT2D eigenvalue weighted by Gasteiger charge is 2.12. The lowest BCUT2D eigenvalue weighted by Crippen LogP contribution is -2.29. The van der Waals surface area contributed by atoms with Crippen LogP contribution in [-0.4, -0.2) is 11.7 Å². The maximum atomic E-state index is 4.53. The second kappa shape index (κ2) is 9.00. The number of anilines is 1. The fraction of sp³-hybridized carbons (Fsp3) is 0.227. The SMILES string of the molecule is CCc1ccc(NCNC(Cc2ccccc2)c2ccccn2)cc1. The van der Waals surface area contributed by atoms with Crippen LogP contribution in [-0.2, 0) is 12.8 Å². The summed E-state index contributed by atoms with van der Waals surface area (Å²) < 4.78 is 0. The summed E-state index contributed by atoms with van der Waals surface area (Å²) in [4.78, 5) is 4.53. The Balaban J connectivity index is 1.63. The molecule has 0 spiro atoms. The van der Waals surface area contributed by atoms with Crippen LogP contribution >= 0.6 is 0 Å². The van der Waals surface area contributed by atoms with Crippen LogP contribution in [0.3, 0.4) is 0 Å². The monoisotopic (exact) mass is 331 g/mol. The van der Waals surface area contributed by atoms with Crippen LogP contribution < -0.4 is 10.6 Å². The molecule has 2 N–H and O–H groups in total. The molecule has 0 fully saturated rings. The predicted octanol–water partition coefficient (Wildman–Crippen LogP) is 4.59. The van der Waals surface area contributed by atoms with Gasteiger partial charge in [-0.15, -0.1) is 0 Å². The number of nitrogens with one attached hydrogen (secondary N) is 2. The van der Waals surface area contributed by atoms with Gasteiger partial charge in [0.05, 0.1) is 18.4 Å². The minimum Gasteiger partial charge on any atom is -0.372 e. The van der Waals surface area contributed by atoms with Gasteiger partial charge in [-0.05, 0) is 48.2 Å². The molecule has 0 radical (unpaired) electrons. The molecule has 0 amide bonds. The molecule has 0 aliphatic carbocycles. The predicted molar refractivity (Wildman–Crippen MR) is 105 cm³/mol. The lowest BCUT2D eigenvalue weighted by Gasteiger charge is -2.19. The van der Waals surface area contributed by atoms with E-state index < -0.39 is 0 Å². The van der Waals surface area contributed by atoms with Gasteiger partial charge >= 0.3 is 0 Å². The summed E-state index contributed by atoms with van der Waals surface area (Å²) in [6.45, 7) is 2.87. The number of aryl methyl sites for hydroxylation is 1. The third kappa shape index (κ3) is 5.16. The van der Waals surface area contributed by atoms with Gasteiger partial charge in [0.15, 0.2) is 0 Å². The highest BCUT2D eigenvalue weighted by atomic mass is 15.1. The molecule has 3 nitrogen and oxygen atoms in total. The first-order chi connectivity index (χ1) is 12.3. The number of hydrogen-bond acceptors (Lipinski definition) is 3. The average Bonchev–Trinajstić information content (AvgIpc) is 2.69. The quantitative estimate of drug-likeness (QED) is 0.593. The fourth-order valence-corrected chi connectivity index (χ4v) is 2.85. The highest BCUT2D eigenvalue weighted by Crippen LogP contribution is 2.16. The molecule has 0 aliphatic heterocycles. The van der Waals surface area contributed by atoms with Crippen LogP contribution in [0.1, 0.15) is 29.8 Å². The Morgan fingerprint density at radius 2 is 1.60 bits per heavy atom. The summed E-state index contributed by atoms with van der Waals surface area (Å²) >= 11 is 0. The number of nitrogens with zero attached hydrogens (tertiary/aromatic N) is 1. The van der Waals surface area contributed by atoms with Crippen molar-refractivity contribution in [3.8, 4) is 0 Å². The van der Waals surface area contributed by atoms with Crippen molar-refractivity contribution < 1.29 is 0 Å². The minimum atomic E-state index is 0.172. The number of hydrogen-bond donors (Lipinski definition) is 2. The molecular formula is C22H25N3. The average molecular weight is 331 g/mol. The van der Waals surface area contributed by atoms with E-state index in [0.717, 1.165) is 24.2 Å². The Hall–Kier alpha value is -2.65. The van der Waals surface area contributed by atoms with Crippen LogP contribution in [0.15, 0.2) is 79.0 Å². The van der Waals surface area contributed by atoms with Gasteiger partial charge in [-0.1, -0.05) is 55.5 Å². The van der Waals surface area contributed by atoms with Gasteiger partial charge in [-0.25, -0.2) is 0 Å². The lowest BCUT2D eigenvalue weighted by atomic mass is 10.0. The van der Waals surface area contributed by atoms with Crippen molar-refractivity contribution in [2.24, 2.45) is 0 Å². The van der Waals surface area contributed by atoms with Crippen molar-refractivity contribution in [2.45, 2.75) is 25.8 Å². The molecule has 3 rings (SSSR count). The summed E-state index contributed by atoms with van der Waals surface area (Å²) in [5.41, 5.74) is 4.85. The van der Waals surface area contributed by atoms with E-state index >= 15 is 0 Å². The van der Waals surface area contributed by atoms with E-state index in [1.165, 1.54) is 11.1 Å². The van der Waals surface area contributed by atoms with Crippen LogP contribution in [0.5, 0.6) is 0 Å².